The van der Waals surface area contributed by atoms with Crippen molar-refractivity contribution in [1.29, 1.82) is 0 Å². The molecular weight excluding hydrogens is 308 g/mol. The van der Waals surface area contributed by atoms with E-state index >= 15 is 0 Å². The van der Waals surface area contributed by atoms with Gasteiger partial charge < -0.3 is 20.1 Å². The highest BCUT2D eigenvalue weighted by Crippen LogP contribution is 2.22. The van der Waals surface area contributed by atoms with E-state index in [0.717, 1.165) is 11.3 Å². The molecule has 0 atom stereocenters. The van der Waals surface area contributed by atoms with Crippen molar-refractivity contribution in [3.05, 3.63) is 54.1 Å². The van der Waals surface area contributed by atoms with Crippen LogP contribution in [0, 0.1) is 0 Å². The fraction of sp³-hybridized carbons (Fsp3) is 0.222. The van der Waals surface area contributed by atoms with Gasteiger partial charge in [0.05, 0.1) is 19.4 Å². The van der Waals surface area contributed by atoms with Crippen LogP contribution in [0.1, 0.15) is 12.5 Å². The number of carbonyl (C=O) groups excluding carboxylic acids is 2. The molecule has 2 aromatic carbocycles. The standard InChI is InChI=1S/C18H20N2O4/c1-3-24-14-10-8-13(9-11-14)12-19-17(21)18(22)20-15-6-4-5-7-16(15)23-2/h4-11H,3,12H2,1-2H3,(H,19,21)(H,20,22). The van der Waals surface area contributed by atoms with Crippen LogP contribution in [0.2, 0.25) is 0 Å². The summed E-state index contributed by atoms with van der Waals surface area (Å²) < 4.78 is 10.5. The van der Waals surface area contributed by atoms with Crippen LogP contribution in [0.15, 0.2) is 48.5 Å². The molecule has 0 bridgehead atoms. The van der Waals surface area contributed by atoms with Crippen LogP contribution in [0.25, 0.3) is 0 Å². The number of carbonyl (C=O) groups is 2. The van der Waals surface area contributed by atoms with Crippen molar-refractivity contribution < 1.29 is 19.1 Å². The van der Waals surface area contributed by atoms with Gasteiger partial charge in [0.15, 0.2) is 0 Å². The van der Waals surface area contributed by atoms with Crippen LogP contribution in [0.3, 0.4) is 0 Å². The number of hydrogen-bond acceptors (Lipinski definition) is 4. The topological polar surface area (TPSA) is 76.7 Å². The maximum Gasteiger partial charge on any atom is 0.313 e. The molecule has 2 aromatic rings. The zero-order valence-corrected chi connectivity index (χ0v) is 13.7. The average molecular weight is 328 g/mol. The molecule has 0 spiro atoms. The van der Waals surface area contributed by atoms with E-state index in [2.05, 4.69) is 10.6 Å². The summed E-state index contributed by atoms with van der Waals surface area (Å²) in [5.74, 6) is -0.202. The van der Waals surface area contributed by atoms with Gasteiger partial charge in [0.2, 0.25) is 0 Å². The summed E-state index contributed by atoms with van der Waals surface area (Å²) in [6.07, 6.45) is 0. The third-order valence-electron chi connectivity index (χ3n) is 3.25. The van der Waals surface area contributed by atoms with Gasteiger partial charge in [-0.2, -0.15) is 0 Å². The first-order valence-corrected chi connectivity index (χ1v) is 7.58. The average Bonchev–Trinajstić information content (AvgIpc) is 2.61. The van der Waals surface area contributed by atoms with Crippen LogP contribution in [0.4, 0.5) is 5.69 Å². The van der Waals surface area contributed by atoms with Crippen molar-refractivity contribution in [2.75, 3.05) is 19.0 Å². The van der Waals surface area contributed by atoms with Gasteiger partial charge in [-0.05, 0) is 36.8 Å². The Balaban J connectivity index is 1.88. The number of amides is 2. The Morgan fingerprint density at radius 1 is 1.00 bits per heavy atom. The second-order valence-electron chi connectivity index (χ2n) is 4.91. The fourth-order valence-electron chi connectivity index (χ4n) is 2.06. The molecule has 2 amide bonds. The highest BCUT2D eigenvalue weighted by atomic mass is 16.5. The van der Waals surface area contributed by atoms with Crippen molar-refractivity contribution in [3.63, 3.8) is 0 Å². The molecule has 0 radical (unpaired) electrons. The summed E-state index contributed by atoms with van der Waals surface area (Å²) in [5, 5.41) is 5.10. The second-order valence-corrected chi connectivity index (χ2v) is 4.91. The lowest BCUT2D eigenvalue weighted by Crippen LogP contribution is -2.35. The molecule has 0 heterocycles. The molecule has 2 rings (SSSR count). The number of rotatable bonds is 6. The fourth-order valence-corrected chi connectivity index (χ4v) is 2.06. The molecule has 24 heavy (non-hydrogen) atoms. The summed E-state index contributed by atoms with van der Waals surface area (Å²) in [4.78, 5) is 23.8. The number of anilines is 1. The first kappa shape index (κ1) is 17.3. The van der Waals surface area contributed by atoms with E-state index in [4.69, 9.17) is 9.47 Å². The number of ether oxygens (including phenoxy) is 2. The monoisotopic (exact) mass is 328 g/mol. The minimum absolute atomic E-state index is 0.255. The molecule has 0 saturated carbocycles. The lowest BCUT2D eigenvalue weighted by atomic mass is 10.2. The normalized spacial score (nSPS) is 9.92. The number of nitrogens with one attached hydrogen (secondary N) is 2. The first-order valence-electron chi connectivity index (χ1n) is 7.58. The number of hydrogen-bond donors (Lipinski definition) is 2. The van der Waals surface area contributed by atoms with Crippen LogP contribution in [-0.2, 0) is 16.1 Å². The second kappa shape index (κ2) is 8.57. The van der Waals surface area contributed by atoms with E-state index in [9.17, 15) is 9.59 Å². The lowest BCUT2D eigenvalue weighted by molar-refractivity contribution is -0.136. The van der Waals surface area contributed by atoms with Gasteiger partial charge in [-0.1, -0.05) is 24.3 Å². The number of benzene rings is 2. The molecule has 0 aliphatic rings. The third-order valence-corrected chi connectivity index (χ3v) is 3.25. The molecule has 2 N–H and O–H groups in total. The first-order chi connectivity index (χ1) is 11.6. The number of para-hydroxylation sites is 2. The van der Waals surface area contributed by atoms with Crippen molar-refractivity contribution in [3.8, 4) is 11.5 Å². The molecule has 0 aromatic heterocycles. The van der Waals surface area contributed by atoms with Gasteiger partial charge in [0, 0.05) is 6.54 Å². The summed E-state index contributed by atoms with van der Waals surface area (Å²) in [7, 11) is 1.50. The predicted molar refractivity (Wildman–Crippen MR) is 91.1 cm³/mol. The smallest absolute Gasteiger partial charge is 0.313 e. The number of methoxy groups -OCH3 is 1. The van der Waals surface area contributed by atoms with Gasteiger partial charge >= 0.3 is 11.8 Å². The molecule has 0 unspecified atom stereocenters. The maximum absolute atomic E-state index is 11.9. The van der Waals surface area contributed by atoms with Crippen LogP contribution in [0.5, 0.6) is 11.5 Å². The minimum Gasteiger partial charge on any atom is -0.495 e. The quantitative estimate of drug-likeness (QED) is 0.798. The molecule has 0 aliphatic carbocycles. The van der Waals surface area contributed by atoms with Gasteiger partial charge in [-0.15, -0.1) is 0 Å². The Morgan fingerprint density at radius 2 is 1.71 bits per heavy atom. The largest absolute Gasteiger partial charge is 0.495 e. The third kappa shape index (κ3) is 4.74. The zero-order chi connectivity index (χ0) is 17.4. The molecule has 126 valence electrons. The van der Waals surface area contributed by atoms with Gasteiger partial charge in [-0.3, -0.25) is 9.59 Å². The van der Waals surface area contributed by atoms with Gasteiger partial charge in [0.1, 0.15) is 11.5 Å². The van der Waals surface area contributed by atoms with Crippen molar-refractivity contribution >= 4 is 17.5 Å². The molecule has 0 aliphatic heterocycles. The summed E-state index contributed by atoms with van der Waals surface area (Å²) in [6, 6.07) is 14.2. The highest BCUT2D eigenvalue weighted by molar-refractivity contribution is 6.39. The summed E-state index contributed by atoms with van der Waals surface area (Å²) in [6.45, 7) is 2.76. The van der Waals surface area contributed by atoms with Crippen molar-refractivity contribution in [2.24, 2.45) is 0 Å². The summed E-state index contributed by atoms with van der Waals surface area (Å²) in [5.41, 5.74) is 1.32. The predicted octanol–water partition coefficient (Wildman–Crippen LogP) is 2.35. The Bertz CT molecular complexity index is 698. The van der Waals surface area contributed by atoms with E-state index in [-0.39, 0.29) is 6.54 Å². The molecule has 0 fully saturated rings. The molecule has 6 heteroatoms. The van der Waals surface area contributed by atoms with Crippen LogP contribution < -0.4 is 20.1 Å². The SMILES string of the molecule is CCOc1ccc(CNC(=O)C(=O)Nc2ccccc2OC)cc1. The lowest BCUT2D eigenvalue weighted by Gasteiger charge is -2.10. The Hall–Kier alpha value is -3.02. The minimum atomic E-state index is -0.745. The van der Waals surface area contributed by atoms with E-state index in [1.54, 1.807) is 24.3 Å². The Morgan fingerprint density at radius 3 is 2.38 bits per heavy atom. The Kier molecular flexibility index (Phi) is 6.19. The van der Waals surface area contributed by atoms with E-state index in [1.807, 2.05) is 31.2 Å². The van der Waals surface area contributed by atoms with Crippen LogP contribution in [-0.4, -0.2) is 25.5 Å². The maximum atomic E-state index is 11.9. The van der Waals surface area contributed by atoms with E-state index < -0.39 is 11.8 Å². The van der Waals surface area contributed by atoms with Crippen molar-refractivity contribution in [2.45, 2.75) is 13.5 Å². The van der Waals surface area contributed by atoms with Gasteiger partial charge in [0.25, 0.3) is 0 Å². The highest BCUT2D eigenvalue weighted by Gasteiger charge is 2.15. The zero-order valence-electron chi connectivity index (χ0n) is 13.7. The molecular formula is C18H20N2O4. The summed E-state index contributed by atoms with van der Waals surface area (Å²) >= 11 is 0. The Labute approximate surface area is 140 Å². The van der Waals surface area contributed by atoms with Gasteiger partial charge in [-0.25, -0.2) is 0 Å². The van der Waals surface area contributed by atoms with Crippen molar-refractivity contribution in [1.82, 2.24) is 5.32 Å². The van der Waals surface area contributed by atoms with Crippen LogP contribution >= 0.6 is 0 Å². The van der Waals surface area contributed by atoms with E-state index in [0.29, 0.717) is 18.0 Å². The molecule has 0 saturated heterocycles. The van der Waals surface area contributed by atoms with E-state index in [1.165, 1.54) is 7.11 Å². The molecule has 6 nitrogen and oxygen atoms in total.